The van der Waals surface area contributed by atoms with Gasteiger partial charge in [0.1, 0.15) is 5.75 Å². The van der Waals surface area contributed by atoms with Crippen LogP contribution in [-0.2, 0) is 16.6 Å². The van der Waals surface area contributed by atoms with Crippen LogP contribution in [0.3, 0.4) is 0 Å². The van der Waals surface area contributed by atoms with Crippen LogP contribution in [0.15, 0.2) is 18.2 Å². The van der Waals surface area contributed by atoms with E-state index in [0.717, 1.165) is 36.2 Å². The van der Waals surface area contributed by atoms with Gasteiger partial charge in [-0.25, -0.2) is 0 Å². The van der Waals surface area contributed by atoms with Crippen molar-refractivity contribution >= 4 is 27.6 Å². The van der Waals surface area contributed by atoms with E-state index in [1.807, 2.05) is 27.7 Å². The number of hydrogen-bond donors (Lipinski definition) is 0. The van der Waals surface area contributed by atoms with E-state index in [4.69, 9.17) is 4.74 Å². The molecule has 164 valence electrons. The van der Waals surface area contributed by atoms with Crippen molar-refractivity contribution in [1.29, 1.82) is 0 Å². The molecule has 3 fully saturated rings. The van der Waals surface area contributed by atoms with Gasteiger partial charge in [-0.3, -0.25) is 4.79 Å². The second-order valence-electron chi connectivity index (χ2n) is 9.88. The Morgan fingerprint density at radius 1 is 1.23 bits per heavy atom. The number of esters is 1. The summed E-state index contributed by atoms with van der Waals surface area (Å²) in [7, 11) is 6.34. The van der Waals surface area contributed by atoms with Crippen LogP contribution >= 0.6 is 21.6 Å². The predicted octanol–water partition coefficient (Wildman–Crippen LogP) is 5.99. The highest BCUT2D eigenvalue weighted by Crippen LogP contribution is 2.56. The van der Waals surface area contributed by atoms with Crippen molar-refractivity contribution in [3.05, 3.63) is 29.3 Å². The fourth-order valence-corrected chi connectivity index (χ4v) is 9.66. The summed E-state index contributed by atoms with van der Waals surface area (Å²) >= 11 is 0. The number of rotatable bonds is 6. The number of likely N-dealkylation sites (N-methyl/N-ethyl adjacent to an activating group) is 1. The van der Waals surface area contributed by atoms with Gasteiger partial charge in [-0.2, -0.15) is 0 Å². The number of unbranched alkanes of at least 4 members (excludes halogenated alkanes) is 1. The number of carbonyl (C=O) groups excluding carboxylic acids is 1. The Morgan fingerprint density at radius 3 is 3.03 bits per heavy atom. The number of nitrogens with zero attached hydrogens (tertiary/aromatic N) is 1. The molecule has 3 nitrogen and oxygen atoms in total. The normalized spacial score (nSPS) is 33.0. The van der Waals surface area contributed by atoms with Gasteiger partial charge in [-0.1, -0.05) is 46.9 Å². The Labute approximate surface area is 189 Å². The van der Waals surface area contributed by atoms with E-state index in [2.05, 4.69) is 24.1 Å². The summed E-state index contributed by atoms with van der Waals surface area (Å²) in [5.74, 6) is 2.78. The molecular formula is C25H35NO2S2. The molecule has 2 bridgehead atoms. The summed E-state index contributed by atoms with van der Waals surface area (Å²) < 4.78 is 5.83. The quantitative estimate of drug-likeness (QED) is 0.232. The lowest BCUT2D eigenvalue weighted by atomic mass is 9.52. The number of piperidine rings is 1. The van der Waals surface area contributed by atoms with Crippen molar-refractivity contribution in [1.82, 2.24) is 4.90 Å². The maximum Gasteiger partial charge on any atom is 0.311 e. The number of carbonyl (C=O) groups is 1. The second kappa shape index (κ2) is 9.07. The molecule has 1 aromatic carbocycles. The Bertz CT molecular complexity index is 778. The largest absolute Gasteiger partial charge is 0.427 e. The topological polar surface area (TPSA) is 29.5 Å². The molecule has 0 aromatic heterocycles. The fourth-order valence-electron chi connectivity index (χ4n) is 6.63. The molecule has 2 aliphatic carbocycles. The average Bonchev–Trinajstić information content (AvgIpc) is 3.28. The lowest BCUT2D eigenvalue weighted by Gasteiger charge is -2.58. The van der Waals surface area contributed by atoms with Gasteiger partial charge in [0.25, 0.3) is 0 Å². The Hall–Kier alpha value is -0.650. The van der Waals surface area contributed by atoms with E-state index >= 15 is 0 Å². The van der Waals surface area contributed by atoms with Crippen molar-refractivity contribution in [3.8, 4) is 5.75 Å². The Kier molecular flexibility index (Phi) is 6.41. The molecule has 0 spiro atoms. The highest BCUT2D eigenvalue weighted by molar-refractivity contribution is 8.77. The summed E-state index contributed by atoms with van der Waals surface area (Å²) in [6.45, 7) is 1.20. The third-order valence-corrected chi connectivity index (χ3v) is 11.2. The third kappa shape index (κ3) is 4.06. The number of benzene rings is 1. The van der Waals surface area contributed by atoms with Gasteiger partial charge in [0, 0.05) is 28.9 Å². The first-order chi connectivity index (χ1) is 14.7. The number of fused-ring (bicyclic) bond motifs is 1. The number of likely N-dealkylation sites (tertiary alicyclic amines) is 1. The van der Waals surface area contributed by atoms with Crippen molar-refractivity contribution < 1.29 is 9.53 Å². The van der Waals surface area contributed by atoms with Crippen LogP contribution in [0.2, 0.25) is 0 Å². The predicted molar refractivity (Wildman–Crippen MR) is 127 cm³/mol. The van der Waals surface area contributed by atoms with Crippen LogP contribution in [0.1, 0.15) is 75.3 Å². The molecular weight excluding hydrogens is 410 g/mol. The SMILES string of the molecule is CN1CC[C@]23CCCC[C@@H]2[C@H]1Cc1ccc(OC(=O)CCCC[C@H]2CCSS2)cc13. The smallest absolute Gasteiger partial charge is 0.311 e. The van der Waals surface area contributed by atoms with Crippen LogP contribution in [0.4, 0.5) is 0 Å². The zero-order valence-electron chi connectivity index (χ0n) is 18.2. The molecule has 30 heavy (non-hydrogen) atoms. The Balaban J connectivity index is 1.24. The first-order valence-corrected chi connectivity index (χ1v) is 14.4. The maximum atomic E-state index is 12.5. The van der Waals surface area contributed by atoms with E-state index in [1.54, 1.807) is 0 Å². The van der Waals surface area contributed by atoms with Crippen LogP contribution in [0, 0.1) is 5.92 Å². The third-order valence-electron chi connectivity index (χ3n) is 8.20. The van der Waals surface area contributed by atoms with Gasteiger partial charge in [0.05, 0.1) is 0 Å². The van der Waals surface area contributed by atoms with E-state index in [1.165, 1.54) is 68.4 Å². The molecule has 1 aromatic rings. The van der Waals surface area contributed by atoms with Gasteiger partial charge in [-0.05, 0) is 87.7 Å². The monoisotopic (exact) mass is 445 g/mol. The molecule has 4 aliphatic rings. The molecule has 5 rings (SSSR count). The highest BCUT2D eigenvalue weighted by Gasteiger charge is 2.53. The molecule has 2 saturated heterocycles. The number of hydrogen-bond acceptors (Lipinski definition) is 5. The molecule has 2 aliphatic heterocycles. The molecule has 2 heterocycles. The van der Waals surface area contributed by atoms with Crippen LogP contribution in [-0.4, -0.2) is 41.5 Å². The van der Waals surface area contributed by atoms with E-state index in [0.29, 0.717) is 17.9 Å². The van der Waals surface area contributed by atoms with Crippen LogP contribution < -0.4 is 4.74 Å². The summed E-state index contributed by atoms with van der Waals surface area (Å²) in [4.78, 5) is 15.1. The first kappa shape index (κ1) is 21.2. The van der Waals surface area contributed by atoms with Crippen LogP contribution in [0.25, 0.3) is 0 Å². The summed E-state index contributed by atoms with van der Waals surface area (Å²) in [6.07, 6.45) is 13.0. The molecule has 5 heteroatoms. The summed E-state index contributed by atoms with van der Waals surface area (Å²) in [5, 5.41) is 0.799. The van der Waals surface area contributed by atoms with Crippen LogP contribution in [0.5, 0.6) is 5.75 Å². The molecule has 0 unspecified atom stereocenters. The minimum absolute atomic E-state index is 0.0573. The molecule has 4 atom stereocenters. The van der Waals surface area contributed by atoms with Crippen molar-refractivity contribution in [2.45, 2.75) is 87.3 Å². The molecule has 0 radical (unpaired) electrons. The lowest BCUT2D eigenvalue weighted by Crippen LogP contribution is -2.59. The minimum Gasteiger partial charge on any atom is -0.427 e. The first-order valence-electron chi connectivity index (χ1n) is 12.0. The van der Waals surface area contributed by atoms with Gasteiger partial charge >= 0.3 is 5.97 Å². The van der Waals surface area contributed by atoms with Gasteiger partial charge in [-0.15, -0.1) is 0 Å². The van der Waals surface area contributed by atoms with E-state index in [-0.39, 0.29) is 5.97 Å². The van der Waals surface area contributed by atoms with Crippen molar-refractivity contribution in [2.75, 3.05) is 19.3 Å². The zero-order chi connectivity index (χ0) is 20.6. The molecule has 0 amide bonds. The van der Waals surface area contributed by atoms with Crippen molar-refractivity contribution in [3.63, 3.8) is 0 Å². The second-order valence-corrected chi connectivity index (χ2v) is 12.7. The lowest BCUT2D eigenvalue weighted by molar-refractivity contribution is -0.134. The van der Waals surface area contributed by atoms with Gasteiger partial charge < -0.3 is 9.64 Å². The molecule has 1 saturated carbocycles. The van der Waals surface area contributed by atoms with Crippen molar-refractivity contribution in [2.24, 2.45) is 5.92 Å². The average molecular weight is 446 g/mol. The Morgan fingerprint density at radius 2 is 2.17 bits per heavy atom. The molecule has 0 N–H and O–H groups in total. The number of ether oxygens (including phenoxy) is 1. The standard InChI is InChI=1S/C25H35NO2S2/c1-26-14-13-25-12-5-4-7-21(25)23(26)16-18-9-10-19(17-22(18)25)28-24(27)8-3-2-6-20-11-15-29-30-20/h9-10,17,20-21,23H,2-8,11-16H2,1H3/t20-,21+,23+,25+/m0/s1. The maximum absolute atomic E-state index is 12.5. The zero-order valence-corrected chi connectivity index (χ0v) is 19.9. The highest BCUT2D eigenvalue weighted by atomic mass is 33.1. The van der Waals surface area contributed by atoms with E-state index < -0.39 is 0 Å². The minimum atomic E-state index is -0.0573. The van der Waals surface area contributed by atoms with Gasteiger partial charge in [0.15, 0.2) is 0 Å². The van der Waals surface area contributed by atoms with Gasteiger partial charge in [0.2, 0.25) is 0 Å². The summed E-state index contributed by atoms with van der Waals surface area (Å²) in [5.41, 5.74) is 3.33. The van der Waals surface area contributed by atoms with E-state index in [9.17, 15) is 4.79 Å². The summed E-state index contributed by atoms with van der Waals surface area (Å²) in [6, 6.07) is 7.24. The fraction of sp³-hybridized carbons (Fsp3) is 0.720.